The number of aliphatic hydroxyl groups excluding tert-OH is 1. The summed E-state index contributed by atoms with van der Waals surface area (Å²) in [6.45, 7) is 5.94. The standard InChI is InChI=1S/C14H24N4OS/c1-4-11(5-2)17(6-8-19)13-12(10-15-3)18-7-9-20-14(18)16-13/h7,9,11,15,19H,4-6,8,10H2,1-3H3. The second-order valence-electron chi connectivity index (χ2n) is 4.86. The first-order chi connectivity index (χ1) is 9.76. The fourth-order valence-electron chi connectivity index (χ4n) is 2.68. The monoisotopic (exact) mass is 296 g/mol. The van der Waals surface area contributed by atoms with Crippen LogP contribution in [-0.2, 0) is 6.54 Å². The lowest BCUT2D eigenvalue weighted by Crippen LogP contribution is -2.38. The molecule has 2 heterocycles. The van der Waals surface area contributed by atoms with Crippen LogP contribution < -0.4 is 10.2 Å². The van der Waals surface area contributed by atoms with Gasteiger partial charge in [0.25, 0.3) is 0 Å². The highest BCUT2D eigenvalue weighted by atomic mass is 32.1. The Labute approximate surface area is 124 Å². The van der Waals surface area contributed by atoms with E-state index in [9.17, 15) is 5.11 Å². The lowest BCUT2D eigenvalue weighted by atomic mass is 10.1. The summed E-state index contributed by atoms with van der Waals surface area (Å²) in [5.41, 5.74) is 1.17. The van der Waals surface area contributed by atoms with E-state index >= 15 is 0 Å². The molecule has 20 heavy (non-hydrogen) atoms. The topological polar surface area (TPSA) is 52.8 Å². The van der Waals surface area contributed by atoms with E-state index in [0.717, 1.165) is 30.2 Å². The van der Waals surface area contributed by atoms with Crippen LogP contribution in [0.15, 0.2) is 11.6 Å². The highest BCUT2D eigenvalue weighted by molar-refractivity contribution is 7.15. The Morgan fingerprint density at radius 1 is 1.45 bits per heavy atom. The summed E-state index contributed by atoms with van der Waals surface area (Å²) in [5.74, 6) is 1.01. The second-order valence-corrected chi connectivity index (χ2v) is 5.73. The van der Waals surface area contributed by atoms with Crippen LogP contribution in [0, 0.1) is 0 Å². The number of nitrogens with one attached hydrogen (secondary N) is 1. The van der Waals surface area contributed by atoms with Crippen LogP contribution in [0.5, 0.6) is 0 Å². The quantitative estimate of drug-likeness (QED) is 0.783. The zero-order chi connectivity index (χ0) is 14.5. The molecule has 0 spiro atoms. The summed E-state index contributed by atoms with van der Waals surface area (Å²) < 4.78 is 2.14. The second kappa shape index (κ2) is 7.06. The highest BCUT2D eigenvalue weighted by Gasteiger charge is 2.23. The fraction of sp³-hybridized carbons (Fsp3) is 0.643. The van der Waals surface area contributed by atoms with Gasteiger partial charge in [-0.3, -0.25) is 4.40 Å². The number of aromatic nitrogens is 2. The zero-order valence-electron chi connectivity index (χ0n) is 12.5. The first-order valence-electron chi connectivity index (χ1n) is 7.23. The van der Waals surface area contributed by atoms with Gasteiger partial charge in [0.15, 0.2) is 10.8 Å². The molecule has 0 aliphatic rings. The van der Waals surface area contributed by atoms with Gasteiger partial charge in [-0.15, -0.1) is 11.3 Å². The van der Waals surface area contributed by atoms with Gasteiger partial charge in [0.2, 0.25) is 0 Å². The maximum atomic E-state index is 9.39. The third-order valence-corrected chi connectivity index (χ3v) is 4.44. The van der Waals surface area contributed by atoms with Crippen molar-refractivity contribution in [2.45, 2.75) is 39.3 Å². The van der Waals surface area contributed by atoms with E-state index in [1.807, 2.05) is 7.05 Å². The molecule has 0 aliphatic heterocycles. The third-order valence-electron chi connectivity index (χ3n) is 3.68. The minimum Gasteiger partial charge on any atom is -0.395 e. The molecule has 0 saturated heterocycles. The summed E-state index contributed by atoms with van der Waals surface area (Å²) in [4.78, 5) is 8.05. The molecule has 112 valence electrons. The minimum absolute atomic E-state index is 0.153. The number of thiazole rings is 1. The molecule has 6 heteroatoms. The van der Waals surface area contributed by atoms with Crippen molar-refractivity contribution >= 4 is 22.1 Å². The lowest BCUT2D eigenvalue weighted by molar-refractivity contribution is 0.295. The number of hydrogen-bond donors (Lipinski definition) is 2. The summed E-state index contributed by atoms with van der Waals surface area (Å²) in [5, 5.41) is 14.7. The molecule has 2 N–H and O–H groups in total. The maximum absolute atomic E-state index is 9.39. The first kappa shape index (κ1) is 15.3. The molecular weight excluding hydrogens is 272 g/mol. The van der Waals surface area contributed by atoms with Crippen LogP contribution >= 0.6 is 11.3 Å². The van der Waals surface area contributed by atoms with Gasteiger partial charge in [-0.25, -0.2) is 4.98 Å². The minimum atomic E-state index is 0.153. The molecular formula is C14H24N4OS. The van der Waals surface area contributed by atoms with E-state index in [4.69, 9.17) is 4.98 Å². The normalized spacial score (nSPS) is 11.7. The van der Waals surface area contributed by atoms with Gasteiger partial charge in [-0.05, 0) is 19.9 Å². The Bertz CT molecular complexity index is 532. The number of aliphatic hydroxyl groups is 1. The van der Waals surface area contributed by atoms with E-state index in [0.29, 0.717) is 12.6 Å². The lowest BCUT2D eigenvalue weighted by Gasteiger charge is -2.31. The Hall–Kier alpha value is -1.11. The molecule has 0 aliphatic carbocycles. The van der Waals surface area contributed by atoms with Crippen molar-refractivity contribution in [1.29, 1.82) is 0 Å². The van der Waals surface area contributed by atoms with E-state index in [-0.39, 0.29) is 6.61 Å². The van der Waals surface area contributed by atoms with E-state index in [1.54, 1.807) is 11.3 Å². The van der Waals surface area contributed by atoms with Crippen molar-refractivity contribution < 1.29 is 5.11 Å². The van der Waals surface area contributed by atoms with E-state index in [1.165, 1.54) is 5.69 Å². The van der Waals surface area contributed by atoms with Crippen LogP contribution in [0.1, 0.15) is 32.4 Å². The number of rotatable bonds is 8. The van der Waals surface area contributed by atoms with Crippen LogP contribution in [0.3, 0.4) is 0 Å². The molecule has 0 aromatic carbocycles. The number of nitrogens with zero attached hydrogens (tertiary/aromatic N) is 3. The van der Waals surface area contributed by atoms with Gasteiger partial charge in [0, 0.05) is 30.7 Å². The molecule has 2 aromatic heterocycles. The summed E-state index contributed by atoms with van der Waals surface area (Å²) in [7, 11) is 1.95. The Morgan fingerprint density at radius 2 is 2.20 bits per heavy atom. The molecule has 2 rings (SSSR count). The average Bonchev–Trinajstić information content (AvgIpc) is 3.02. The first-order valence-corrected chi connectivity index (χ1v) is 8.11. The van der Waals surface area contributed by atoms with Crippen molar-refractivity contribution in [2.75, 3.05) is 25.1 Å². The van der Waals surface area contributed by atoms with Gasteiger partial charge < -0.3 is 15.3 Å². The van der Waals surface area contributed by atoms with Crippen molar-refractivity contribution in [3.05, 3.63) is 17.3 Å². The molecule has 5 nitrogen and oxygen atoms in total. The van der Waals surface area contributed by atoms with E-state index in [2.05, 4.69) is 40.0 Å². The van der Waals surface area contributed by atoms with Crippen molar-refractivity contribution in [3.63, 3.8) is 0 Å². The number of hydrogen-bond acceptors (Lipinski definition) is 5. The number of fused-ring (bicyclic) bond motifs is 1. The smallest absolute Gasteiger partial charge is 0.195 e. The third kappa shape index (κ3) is 2.82. The molecule has 0 amide bonds. The molecule has 0 atom stereocenters. The molecule has 0 bridgehead atoms. The predicted molar refractivity (Wildman–Crippen MR) is 84.6 cm³/mol. The molecule has 0 fully saturated rings. The number of imidazole rings is 1. The average molecular weight is 296 g/mol. The Kier molecular flexibility index (Phi) is 5.39. The molecule has 0 unspecified atom stereocenters. The maximum Gasteiger partial charge on any atom is 0.195 e. The largest absolute Gasteiger partial charge is 0.395 e. The van der Waals surface area contributed by atoms with Crippen molar-refractivity contribution in [3.8, 4) is 0 Å². The zero-order valence-corrected chi connectivity index (χ0v) is 13.3. The fourth-order valence-corrected chi connectivity index (χ4v) is 3.41. The van der Waals surface area contributed by atoms with Gasteiger partial charge in [-0.1, -0.05) is 13.8 Å². The summed E-state index contributed by atoms with van der Waals surface area (Å²) in [6.07, 6.45) is 4.18. The predicted octanol–water partition coefficient (Wildman–Crippen LogP) is 2.10. The van der Waals surface area contributed by atoms with Crippen LogP contribution in [-0.4, -0.2) is 40.7 Å². The van der Waals surface area contributed by atoms with Gasteiger partial charge in [0.05, 0.1) is 12.3 Å². The number of anilines is 1. The Morgan fingerprint density at radius 3 is 2.80 bits per heavy atom. The van der Waals surface area contributed by atoms with Crippen molar-refractivity contribution in [1.82, 2.24) is 14.7 Å². The van der Waals surface area contributed by atoms with Crippen LogP contribution in [0.4, 0.5) is 5.82 Å². The Balaban J connectivity index is 2.45. The van der Waals surface area contributed by atoms with Crippen LogP contribution in [0.2, 0.25) is 0 Å². The van der Waals surface area contributed by atoms with Crippen LogP contribution in [0.25, 0.3) is 4.96 Å². The molecule has 0 saturated carbocycles. The van der Waals surface area contributed by atoms with E-state index < -0.39 is 0 Å². The van der Waals surface area contributed by atoms with Crippen molar-refractivity contribution in [2.24, 2.45) is 0 Å². The highest BCUT2D eigenvalue weighted by Crippen LogP contribution is 2.27. The van der Waals surface area contributed by atoms with Gasteiger partial charge in [-0.2, -0.15) is 0 Å². The van der Waals surface area contributed by atoms with Gasteiger partial charge in [0.1, 0.15) is 0 Å². The SMILES string of the molecule is CCC(CC)N(CCO)c1nc2sccn2c1CNC. The summed E-state index contributed by atoms with van der Waals surface area (Å²) in [6, 6.07) is 0.419. The summed E-state index contributed by atoms with van der Waals surface area (Å²) >= 11 is 1.65. The van der Waals surface area contributed by atoms with Gasteiger partial charge >= 0.3 is 0 Å². The molecule has 0 radical (unpaired) electrons. The molecule has 2 aromatic rings.